The number of benzene rings is 2. The number of hydrogen-bond acceptors (Lipinski definition) is 2. The molecule has 0 aromatic heterocycles. The van der Waals surface area contributed by atoms with Crippen molar-refractivity contribution in [2.75, 3.05) is 11.1 Å². The Kier molecular flexibility index (Phi) is 5.68. The summed E-state index contributed by atoms with van der Waals surface area (Å²) in [4.78, 5) is 11.8. The topological polar surface area (TPSA) is 29.1 Å². The lowest BCUT2D eigenvalue weighted by molar-refractivity contribution is -0.113. The molecule has 0 heterocycles. The number of hydrogen-bond donors (Lipinski definition) is 1. The maximum Gasteiger partial charge on any atom is 0.234 e. The summed E-state index contributed by atoms with van der Waals surface area (Å²) in [6.07, 6.45) is 0. The zero-order chi connectivity index (χ0) is 14.4. The summed E-state index contributed by atoms with van der Waals surface area (Å²) in [6, 6.07) is 16.0. The summed E-state index contributed by atoms with van der Waals surface area (Å²) >= 11 is 5.06. The van der Waals surface area contributed by atoms with E-state index in [9.17, 15) is 4.79 Å². The predicted molar refractivity (Wildman–Crippen MR) is 90.1 cm³/mol. The van der Waals surface area contributed by atoms with E-state index in [1.807, 2.05) is 43.3 Å². The van der Waals surface area contributed by atoms with Crippen LogP contribution in [0.5, 0.6) is 0 Å². The van der Waals surface area contributed by atoms with E-state index < -0.39 is 0 Å². The van der Waals surface area contributed by atoms with Crippen LogP contribution < -0.4 is 5.32 Å². The highest BCUT2D eigenvalue weighted by Crippen LogP contribution is 2.17. The second-order valence-electron chi connectivity index (χ2n) is 4.54. The number of rotatable bonds is 5. The molecule has 2 aromatic rings. The minimum Gasteiger partial charge on any atom is -0.325 e. The highest BCUT2D eigenvalue weighted by Gasteiger charge is 2.03. The number of anilines is 1. The van der Waals surface area contributed by atoms with Gasteiger partial charge < -0.3 is 5.32 Å². The van der Waals surface area contributed by atoms with Crippen molar-refractivity contribution in [3.63, 3.8) is 0 Å². The molecule has 0 unspecified atom stereocenters. The summed E-state index contributed by atoms with van der Waals surface area (Å²) in [7, 11) is 0. The van der Waals surface area contributed by atoms with Crippen LogP contribution in [0.25, 0.3) is 0 Å². The third-order valence-corrected chi connectivity index (χ3v) is 4.19. The van der Waals surface area contributed by atoms with Crippen LogP contribution in [0.2, 0.25) is 0 Å². The van der Waals surface area contributed by atoms with Gasteiger partial charge in [-0.2, -0.15) is 0 Å². The lowest BCUT2D eigenvalue weighted by atomic mass is 10.2. The fraction of sp³-hybridized carbons (Fsp3) is 0.188. The van der Waals surface area contributed by atoms with Crippen molar-refractivity contribution >= 4 is 39.3 Å². The normalized spacial score (nSPS) is 10.3. The van der Waals surface area contributed by atoms with E-state index in [0.717, 1.165) is 21.5 Å². The summed E-state index contributed by atoms with van der Waals surface area (Å²) in [5, 5.41) is 2.91. The Balaban J connectivity index is 1.78. The highest BCUT2D eigenvalue weighted by molar-refractivity contribution is 9.10. The number of carbonyl (C=O) groups is 1. The molecule has 20 heavy (non-hydrogen) atoms. The van der Waals surface area contributed by atoms with Crippen molar-refractivity contribution in [2.24, 2.45) is 0 Å². The van der Waals surface area contributed by atoms with Crippen molar-refractivity contribution in [1.82, 2.24) is 0 Å². The molecule has 0 fully saturated rings. The number of aryl methyl sites for hydroxylation is 1. The third-order valence-electron chi connectivity index (χ3n) is 2.69. The molecular weight excluding hydrogens is 334 g/mol. The van der Waals surface area contributed by atoms with E-state index >= 15 is 0 Å². The first kappa shape index (κ1) is 15.1. The van der Waals surface area contributed by atoms with Gasteiger partial charge >= 0.3 is 0 Å². The predicted octanol–water partition coefficient (Wildman–Crippen LogP) is 4.63. The molecule has 0 saturated heterocycles. The third kappa shape index (κ3) is 5.02. The Labute approximate surface area is 132 Å². The van der Waals surface area contributed by atoms with E-state index in [0.29, 0.717) is 5.75 Å². The van der Waals surface area contributed by atoms with Crippen LogP contribution in [0.1, 0.15) is 11.1 Å². The summed E-state index contributed by atoms with van der Waals surface area (Å²) in [5.74, 6) is 1.33. The van der Waals surface area contributed by atoms with Gasteiger partial charge in [-0.15, -0.1) is 11.8 Å². The number of thioether (sulfide) groups is 1. The molecule has 2 aromatic carbocycles. The van der Waals surface area contributed by atoms with Gasteiger partial charge in [0.25, 0.3) is 0 Å². The summed E-state index contributed by atoms with van der Waals surface area (Å²) < 4.78 is 1.07. The van der Waals surface area contributed by atoms with E-state index in [1.165, 1.54) is 5.56 Å². The monoisotopic (exact) mass is 349 g/mol. The van der Waals surface area contributed by atoms with Gasteiger partial charge in [-0.05, 0) is 42.3 Å². The van der Waals surface area contributed by atoms with Crippen molar-refractivity contribution < 1.29 is 4.79 Å². The second kappa shape index (κ2) is 7.50. The molecule has 4 heteroatoms. The Morgan fingerprint density at radius 2 is 2.00 bits per heavy atom. The Morgan fingerprint density at radius 3 is 2.75 bits per heavy atom. The van der Waals surface area contributed by atoms with E-state index in [2.05, 4.69) is 33.4 Å². The molecular formula is C16H16BrNOS. The average molecular weight is 350 g/mol. The minimum absolute atomic E-state index is 0.0376. The van der Waals surface area contributed by atoms with Gasteiger partial charge in [0.15, 0.2) is 0 Å². The lowest BCUT2D eigenvalue weighted by Gasteiger charge is -2.06. The molecule has 0 aliphatic rings. The van der Waals surface area contributed by atoms with Gasteiger partial charge in [-0.3, -0.25) is 4.79 Å². The maximum atomic E-state index is 11.8. The first-order chi connectivity index (χ1) is 9.63. The quantitative estimate of drug-likeness (QED) is 0.852. The van der Waals surface area contributed by atoms with Crippen molar-refractivity contribution in [2.45, 2.75) is 12.7 Å². The van der Waals surface area contributed by atoms with Crippen LogP contribution in [-0.4, -0.2) is 11.7 Å². The number of amides is 1. The first-order valence-corrected chi connectivity index (χ1v) is 8.27. The van der Waals surface area contributed by atoms with Crippen LogP contribution in [-0.2, 0) is 10.5 Å². The second-order valence-corrected chi connectivity index (χ2v) is 6.44. The van der Waals surface area contributed by atoms with Crippen LogP contribution in [0.15, 0.2) is 53.0 Å². The zero-order valence-electron chi connectivity index (χ0n) is 11.2. The zero-order valence-corrected chi connectivity index (χ0v) is 13.6. The molecule has 1 amide bonds. The fourth-order valence-corrected chi connectivity index (χ4v) is 3.03. The molecule has 0 atom stereocenters. The van der Waals surface area contributed by atoms with Gasteiger partial charge in [0.05, 0.1) is 5.75 Å². The number of carbonyl (C=O) groups excluding carboxylic acids is 1. The van der Waals surface area contributed by atoms with E-state index in [1.54, 1.807) is 11.8 Å². The first-order valence-electron chi connectivity index (χ1n) is 6.32. The molecule has 104 valence electrons. The Morgan fingerprint density at radius 1 is 1.20 bits per heavy atom. The Bertz CT molecular complexity index is 601. The molecule has 2 rings (SSSR count). The lowest BCUT2D eigenvalue weighted by Crippen LogP contribution is -2.14. The molecule has 0 bridgehead atoms. The molecule has 0 saturated carbocycles. The number of nitrogens with one attached hydrogen (secondary N) is 1. The molecule has 0 radical (unpaired) electrons. The average Bonchev–Trinajstić information content (AvgIpc) is 2.38. The number of halogens is 1. The van der Waals surface area contributed by atoms with Crippen molar-refractivity contribution in [3.8, 4) is 0 Å². The smallest absolute Gasteiger partial charge is 0.234 e. The fourth-order valence-electron chi connectivity index (χ4n) is 1.81. The molecule has 0 aliphatic carbocycles. The van der Waals surface area contributed by atoms with E-state index in [-0.39, 0.29) is 5.91 Å². The largest absolute Gasteiger partial charge is 0.325 e. The van der Waals surface area contributed by atoms with Crippen molar-refractivity contribution in [1.29, 1.82) is 0 Å². The van der Waals surface area contributed by atoms with Crippen LogP contribution in [0.3, 0.4) is 0 Å². The molecule has 2 nitrogen and oxygen atoms in total. The van der Waals surface area contributed by atoms with Crippen LogP contribution in [0.4, 0.5) is 5.69 Å². The summed E-state index contributed by atoms with van der Waals surface area (Å²) in [6.45, 7) is 2.01. The van der Waals surface area contributed by atoms with Gasteiger partial charge in [-0.25, -0.2) is 0 Å². The standard InChI is InChI=1S/C16H16BrNOS/c1-12-4-2-7-15(8-12)18-16(19)11-20-10-13-5-3-6-14(17)9-13/h2-9H,10-11H2,1H3,(H,18,19). The molecule has 0 spiro atoms. The maximum absolute atomic E-state index is 11.8. The molecule has 1 N–H and O–H groups in total. The van der Waals surface area contributed by atoms with Crippen LogP contribution >= 0.6 is 27.7 Å². The van der Waals surface area contributed by atoms with Gasteiger partial charge in [0.2, 0.25) is 5.91 Å². The van der Waals surface area contributed by atoms with Crippen LogP contribution in [0, 0.1) is 6.92 Å². The minimum atomic E-state index is 0.0376. The van der Waals surface area contributed by atoms with E-state index in [4.69, 9.17) is 0 Å². The van der Waals surface area contributed by atoms with Crippen molar-refractivity contribution in [3.05, 3.63) is 64.1 Å². The summed E-state index contributed by atoms with van der Waals surface area (Å²) in [5.41, 5.74) is 3.22. The molecule has 0 aliphatic heterocycles. The van der Waals surface area contributed by atoms with Gasteiger partial charge in [0, 0.05) is 15.9 Å². The SMILES string of the molecule is Cc1cccc(NC(=O)CSCc2cccc(Br)c2)c1. The Hall–Kier alpha value is -1.26. The van der Waals surface area contributed by atoms with Gasteiger partial charge in [0.1, 0.15) is 0 Å². The highest BCUT2D eigenvalue weighted by atomic mass is 79.9. The van der Waals surface area contributed by atoms with Gasteiger partial charge in [-0.1, -0.05) is 40.2 Å².